The Labute approximate surface area is 114 Å². The van der Waals surface area contributed by atoms with E-state index in [1.165, 1.54) is 0 Å². The van der Waals surface area contributed by atoms with Crippen LogP contribution in [-0.2, 0) is 9.84 Å². The topological polar surface area (TPSA) is 37.4 Å². The van der Waals surface area contributed by atoms with Crippen LogP contribution in [0, 0.1) is 3.57 Å². The largest absolute Gasteiger partial charge is 0.369 e. The molecule has 1 aromatic rings. The summed E-state index contributed by atoms with van der Waals surface area (Å²) in [6.45, 7) is 1.14. The van der Waals surface area contributed by atoms with Crippen molar-refractivity contribution in [2.24, 2.45) is 0 Å². The second-order valence-electron chi connectivity index (χ2n) is 3.73. The van der Waals surface area contributed by atoms with Crippen LogP contribution in [-0.4, -0.2) is 33.0 Å². The summed E-state index contributed by atoms with van der Waals surface area (Å²) in [6, 6.07) is 5.67. The highest BCUT2D eigenvalue weighted by Crippen LogP contribution is 2.26. The fourth-order valence-electron chi connectivity index (χ4n) is 1.69. The highest BCUT2D eigenvalue weighted by molar-refractivity contribution is 14.1. The predicted octanol–water partition coefficient (Wildman–Crippen LogP) is 2.18. The number of hydrogen-bond acceptors (Lipinski definition) is 3. The van der Waals surface area contributed by atoms with Gasteiger partial charge in [0.2, 0.25) is 0 Å². The summed E-state index contributed by atoms with van der Waals surface area (Å²) in [6.07, 6.45) is 0. The van der Waals surface area contributed by atoms with Crippen LogP contribution in [0.2, 0.25) is 5.02 Å². The third kappa shape index (κ3) is 2.81. The minimum Gasteiger partial charge on any atom is -0.369 e. The van der Waals surface area contributed by atoms with Gasteiger partial charge in [0.1, 0.15) is 0 Å². The zero-order valence-electron chi connectivity index (χ0n) is 8.49. The lowest BCUT2D eigenvalue weighted by atomic mass is 10.3. The summed E-state index contributed by atoms with van der Waals surface area (Å²) in [5.41, 5.74) is 1.07. The van der Waals surface area contributed by atoms with Gasteiger partial charge in [0.25, 0.3) is 0 Å². The van der Waals surface area contributed by atoms with Crippen LogP contribution < -0.4 is 4.90 Å². The maximum Gasteiger partial charge on any atom is 0.153 e. The lowest BCUT2D eigenvalue weighted by Crippen LogP contribution is -2.40. The van der Waals surface area contributed by atoms with E-state index in [-0.39, 0.29) is 11.5 Å². The van der Waals surface area contributed by atoms with E-state index < -0.39 is 9.84 Å². The summed E-state index contributed by atoms with van der Waals surface area (Å²) >= 11 is 8.10. The number of anilines is 1. The maximum absolute atomic E-state index is 11.3. The molecule has 0 N–H and O–H groups in total. The molecule has 0 aliphatic carbocycles. The molecule has 88 valence electrons. The summed E-state index contributed by atoms with van der Waals surface area (Å²) in [5.74, 6) is 0.484. The predicted molar refractivity (Wildman–Crippen MR) is 75.0 cm³/mol. The van der Waals surface area contributed by atoms with E-state index in [1.54, 1.807) is 0 Å². The lowest BCUT2D eigenvalue weighted by Gasteiger charge is -2.29. The van der Waals surface area contributed by atoms with Gasteiger partial charge in [0.05, 0.1) is 17.2 Å². The third-order valence-electron chi connectivity index (χ3n) is 2.59. The van der Waals surface area contributed by atoms with Crippen molar-refractivity contribution in [3.8, 4) is 0 Å². The lowest BCUT2D eigenvalue weighted by molar-refractivity contribution is 0.586. The molecule has 1 fully saturated rings. The number of hydrogen-bond donors (Lipinski definition) is 0. The molecule has 16 heavy (non-hydrogen) atoms. The van der Waals surface area contributed by atoms with E-state index >= 15 is 0 Å². The van der Waals surface area contributed by atoms with Crippen molar-refractivity contribution >= 4 is 49.7 Å². The van der Waals surface area contributed by atoms with Gasteiger partial charge < -0.3 is 4.90 Å². The average Bonchev–Trinajstić information content (AvgIpc) is 2.19. The SMILES string of the molecule is O=S1(=O)CCN(c2ccc(Cl)cc2I)CC1. The molecule has 1 saturated heterocycles. The molecule has 1 aromatic carbocycles. The average molecular weight is 372 g/mol. The first-order chi connectivity index (χ1) is 7.48. The van der Waals surface area contributed by atoms with Gasteiger partial charge in [-0.05, 0) is 40.8 Å². The van der Waals surface area contributed by atoms with Crippen molar-refractivity contribution in [1.82, 2.24) is 0 Å². The number of halogens is 2. The second-order valence-corrected chi connectivity index (χ2v) is 7.64. The number of rotatable bonds is 1. The van der Waals surface area contributed by atoms with Gasteiger partial charge in [0, 0.05) is 21.7 Å². The first kappa shape index (κ1) is 12.4. The minimum absolute atomic E-state index is 0.242. The van der Waals surface area contributed by atoms with Crippen molar-refractivity contribution in [3.05, 3.63) is 26.8 Å². The van der Waals surface area contributed by atoms with E-state index in [1.807, 2.05) is 18.2 Å². The Morgan fingerprint density at radius 2 is 1.88 bits per heavy atom. The highest BCUT2D eigenvalue weighted by Gasteiger charge is 2.22. The van der Waals surface area contributed by atoms with Crippen LogP contribution >= 0.6 is 34.2 Å². The Morgan fingerprint density at radius 1 is 1.25 bits per heavy atom. The molecule has 0 spiro atoms. The molecule has 3 nitrogen and oxygen atoms in total. The fraction of sp³-hybridized carbons (Fsp3) is 0.400. The van der Waals surface area contributed by atoms with E-state index in [9.17, 15) is 8.42 Å². The van der Waals surface area contributed by atoms with Gasteiger partial charge >= 0.3 is 0 Å². The minimum atomic E-state index is -2.81. The second kappa shape index (κ2) is 4.70. The molecule has 0 saturated carbocycles. The molecule has 0 unspecified atom stereocenters. The van der Waals surface area contributed by atoms with Crippen LogP contribution in [0.15, 0.2) is 18.2 Å². The zero-order valence-corrected chi connectivity index (χ0v) is 12.2. The molecule has 6 heteroatoms. The molecule has 1 aliphatic rings. The number of nitrogens with zero attached hydrogens (tertiary/aromatic N) is 1. The Hall–Kier alpha value is -0.0100. The van der Waals surface area contributed by atoms with Gasteiger partial charge in [0.15, 0.2) is 9.84 Å². The molecule has 1 aliphatic heterocycles. The Bertz CT molecular complexity index is 490. The smallest absolute Gasteiger partial charge is 0.153 e. The van der Waals surface area contributed by atoms with Crippen LogP contribution in [0.1, 0.15) is 0 Å². The van der Waals surface area contributed by atoms with Crippen molar-refractivity contribution < 1.29 is 8.42 Å². The van der Waals surface area contributed by atoms with Crippen LogP contribution in [0.3, 0.4) is 0 Å². The van der Waals surface area contributed by atoms with Crippen LogP contribution in [0.5, 0.6) is 0 Å². The Balaban J connectivity index is 2.20. The van der Waals surface area contributed by atoms with Crippen molar-refractivity contribution in [1.29, 1.82) is 0 Å². The fourth-order valence-corrected chi connectivity index (χ4v) is 4.10. The van der Waals surface area contributed by atoms with Crippen molar-refractivity contribution in [3.63, 3.8) is 0 Å². The van der Waals surface area contributed by atoms with E-state index in [0.717, 1.165) is 9.26 Å². The van der Waals surface area contributed by atoms with Crippen molar-refractivity contribution in [2.75, 3.05) is 29.5 Å². The molecule has 1 heterocycles. The quantitative estimate of drug-likeness (QED) is 0.710. The van der Waals surface area contributed by atoms with Crippen molar-refractivity contribution in [2.45, 2.75) is 0 Å². The number of sulfone groups is 1. The molecule has 0 radical (unpaired) electrons. The first-order valence-corrected chi connectivity index (χ1v) is 8.16. The van der Waals surface area contributed by atoms with E-state index in [2.05, 4.69) is 27.5 Å². The summed E-state index contributed by atoms with van der Waals surface area (Å²) in [4.78, 5) is 2.10. The molecular formula is C10H11ClINO2S. The van der Waals surface area contributed by atoms with Gasteiger partial charge in [-0.15, -0.1) is 0 Å². The van der Waals surface area contributed by atoms with Gasteiger partial charge in [-0.1, -0.05) is 11.6 Å². The molecular weight excluding hydrogens is 361 g/mol. The standard InChI is InChI=1S/C10H11ClINO2S/c11-8-1-2-10(9(12)7-8)13-3-5-16(14,15)6-4-13/h1-2,7H,3-6H2. The normalized spacial score (nSPS) is 19.8. The Morgan fingerprint density at radius 3 is 2.44 bits per heavy atom. The van der Waals surface area contributed by atoms with Crippen LogP contribution in [0.4, 0.5) is 5.69 Å². The summed E-state index contributed by atoms with van der Waals surface area (Å²) in [5, 5.41) is 0.706. The molecule has 0 amide bonds. The molecule has 2 rings (SSSR count). The zero-order chi connectivity index (χ0) is 11.8. The van der Waals surface area contributed by atoms with Crippen LogP contribution in [0.25, 0.3) is 0 Å². The molecule has 0 atom stereocenters. The summed E-state index contributed by atoms with van der Waals surface area (Å²) < 4.78 is 23.7. The summed E-state index contributed by atoms with van der Waals surface area (Å²) in [7, 11) is -2.81. The monoisotopic (exact) mass is 371 g/mol. The van der Waals surface area contributed by atoms with Gasteiger partial charge in [-0.2, -0.15) is 0 Å². The molecule has 0 aromatic heterocycles. The molecule has 0 bridgehead atoms. The maximum atomic E-state index is 11.3. The van der Waals surface area contributed by atoms with Gasteiger partial charge in [-0.25, -0.2) is 8.42 Å². The van der Waals surface area contributed by atoms with E-state index in [0.29, 0.717) is 18.1 Å². The number of benzene rings is 1. The third-order valence-corrected chi connectivity index (χ3v) is 5.30. The highest BCUT2D eigenvalue weighted by atomic mass is 127. The Kier molecular flexibility index (Phi) is 3.65. The van der Waals surface area contributed by atoms with E-state index in [4.69, 9.17) is 11.6 Å². The van der Waals surface area contributed by atoms with Gasteiger partial charge in [-0.3, -0.25) is 0 Å². The first-order valence-electron chi connectivity index (χ1n) is 4.88.